The molecule has 0 saturated heterocycles. The summed E-state index contributed by atoms with van der Waals surface area (Å²) in [5.41, 5.74) is 2.24. The third-order valence-corrected chi connectivity index (χ3v) is 8.44. The summed E-state index contributed by atoms with van der Waals surface area (Å²) in [4.78, 5) is 27.8. The van der Waals surface area contributed by atoms with Crippen LogP contribution in [0.2, 0.25) is 0 Å². The third kappa shape index (κ3) is 9.12. The minimum Gasteiger partial charge on any atom is -0.506 e. The summed E-state index contributed by atoms with van der Waals surface area (Å²) in [6.45, 7) is 2.02. The van der Waals surface area contributed by atoms with E-state index in [-0.39, 0.29) is 17.9 Å². The summed E-state index contributed by atoms with van der Waals surface area (Å²) < 4.78 is 5.98. The number of nitrogens with one attached hydrogen (secondary N) is 2. The first-order valence-electron chi connectivity index (χ1n) is 16.3. The van der Waals surface area contributed by atoms with Crippen molar-refractivity contribution in [3.05, 3.63) is 112 Å². The van der Waals surface area contributed by atoms with Crippen molar-refractivity contribution in [2.45, 2.75) is 57.6 Å². The van der Waals surface area contributed by atoms with Crippen molar-refractivity contribution in [2.24, 2.45) is 0 Å². The largest absolute Gasteiger partial charge is 0.506 e. The van der Waals surface area contributed by atoms with Gasteiger partial charge in [-0.15, -0.1) is 0 Å². The van der Waals surface area contributed by atoms with E-state index in [0.29, 0.717) is 41.1 Å². The molecule has 5 aromatic rings. The maximum atomic E-state index is 12.2. The highest BCUT2D eigenvalue weighted by Gasteiger charge is 2.17. The number of carbonyl (C=O) groups is 1. The second-order valence-corrected chi connectivity index (χ2v) is 11.8. The van der Waals surface area contributed by atoms with E-state index in [1.807, 2.05) is 54.6 Å². The van der Waals surface area contributed by atoms with Crippen molar-refractivity contribution in [3.63, 3.8) is 0 Å². The van der Waals surface area contributed by atoms with Crippen LogP contribution in [0.25, 0.3) is 21.7 Å². The van der Waals surface area contributed by atoms with Gasteiger partial charge in [0.05, 0.1) is 30.5 Å². The van der Waals surface area contributed by atoms with Crippen LogP contribution in [0.3, 0.4) is 0 Å². The Kier molecular flexibility index (Phi) is 11.9. The number of phenols is 1. The molecule has 0 unspecified atom stereocenters. The Morgan fingerprint density at radius 1 is 0.830 bits per heavy atom. The zero-order chi connectivity index (χ0) is 33.0. The number of aromatic hydroxyl groups is 1. The molecule has 9 nitrogen and oxygen atoms in total. The van der Waals surface area contributed by atoms with E-state index in [4.69, 9.17) is 4.74 Å². The molecule has 1 amide bonds. The van der Waals surface area contributed by atoms with Crippen LogP contribution >= 0.6 is 0 Å². The number of anilines is 1. The van der Waals surface area contributed by atoms with Gasteiger partial charge in [0.15, 0.2) is 0 Å². The molecule has 5 N–H and O–H groups in total. The van der Waals surface area contributed by atoms with Crippen LogP contribution < -0.4 is 20.5 Å². The van der Waals surface area contributed by atoms with Crippen LogP contribution in [-0.4, -0.2) is 46.1 Å². The van der Waals surface area contributed by atoms with Crippen LogP contribution in [0.5, 0.6) is 11.5 Å². The van der Waals surface area contributed by atoms with Crippen molar-refractivity contribution in [1.82, 2.24) is 10.3 Å². The maximum Gasteiger partial charge on any atom is 0.412 e. The molecule has 4 aromatic carbocycles. The highest BCUT2D eigenvalue weighted by atomic mass is 16.5. The van der Waals surface area contributed by atoms with Crippen molar-refractivity contribution in [3.8, 4) is 11.5 Å². The molecule has 0 saturated carbocycles. The Morgan fingerprint density at radius 2 is 1.57 bits per heavy atom. The average Bonchev–Trinajstić information content (AvgIpc) is 3.08. The highest BCUT2D eigenvalue weighted by molar-refractivity contribution is 5.90. The van der Waals surface area contributed by atoms with Gasteiger partial charge in [-0.1, -0.05) is 86.7 Å². The summed E-state index contributed by atoms with van der Waals surface area (Å²) in [5.74, 6) is 0.648. The van der Waals surface area contributed by atoms with Crippen LogP contribution in [0.4, 0.5) is 10.5 Å². The number of unbranched alkanes of at least 4 members (excludes halogenated alkanes) is 6. The minimum absolute atomic E-state index is 0.0165. The van der Waals surface area contributed by atoms with Gasteiger partial charge in [0.1, 0.15) is 11.5 Å². The molecule has 0 radical (unpaired) electrons. The Bertz CT molecular complexity index is 1830. The third-order valence-electron chi connectivity index (χ3n) is 8.44. The molecule has 47 heavy (non-hydrogen) atoms. The predicted octanol–water partition coefficient (Wildman–Crippen LogP) is 7.50. The van der Waals surface area contributed by atoms with Crippen LogP contribution in [-0.2, 0) is 6.54 Å². The number of rotatable bonds is 17. The van der Waals surface area contributed by atoms with Gasteiger partial charge in [-0.2, -0.15) is 0 Å². The number of benzene rings is 4. The van der Waals surface area contributed by atoms with Gasteiger partial charge in [0, 0.05) is 24.1 Å². The second-order valence-electron chi connectivity index (χ2n) is 11.8. The lowest BCUT2D eigenvalue weighted by Gasteiger charge is -2.21. The number of aromatic amines is 1. The fourth-order valence-corrected chi connectivity index (χ4v) is 5.94. The summed E-state index contributed by atoms with van der Waals surface area (Å²) >= 11 is 0. The number of aliphatic hydroxyl groups is 1. The zero-order valence-electron chi connectivity index (χ0n) is 26.5. The molecule has 0 aliphatic rings. The fraction of sp³-hybridized carbons (Fsp3) is 0.316. The Hall–Kier alpha value is -4.86. The Morgan fingerprint density at radius 3 is 2.40 bits per heavy atom. The fourth-order valence-electron chi connectivity index (χ4n) is 5.94. The highest BCUT2D eigenvalue weighted by Crippen LogP contribution is 2.29. The SMILES string of the molecule is O=C(O)N(Cc1cccc2ccccc12)c1cccc(OCCCCCCCCCNC[C@H](O)c2ccc(O)c3[nH]c(=O)ccc23)c1. The number of ether oxygens (including phenoxy) is 1. The number of fused-ring (bicyclic) bond motifs is 2. The molecule has 1 heterocycles. The summed E-state index contributed by atoms with van der Waals surface area (Å²) in [5, 5.41) is 36.8. The monoisotopic (exact) mass is 637 g/mol. The number of pyridine rings is 1. The first-order chi connectivity index (χ1) is 22.9. The topological polar surface area (TPSA) is 135 Å². The summed E-state index contributed by atoms with van der Waals surface area (Å²) in [6, 6.07) is 27.4. The van der Waals surface area contributed by atoms with E-state index in [1.165, 1.54) is 17.0 Å². The number of H-pyrrole nitrogens is 1. The number of hydrogen-bond acceptors (Lipinski definition) is 6. The van der Waals surface area contributed by atoms with Crippen molar-refractivity contribution < 1.29 is 24.9 Å². The smallest absolute Gasteiger partial charge is 0.412 e. The number of carboxylic acid groups (broad SMARTS) is 1. The molecule has 1 atom stereocenters. The van der Waals surface area contributed by atoms with Gasteiger partial charge < -0.3 is 30.4 Å². The van der Waals surface area contributed by atoms with E-state index in [0.717, 1.165) is 67.8 Å². The van der Waals surface area contributed by atoms with Gasteiger partial charge in [-0.25, -0.2) is 4.79 Å². The molecule has 246 valence electrons. The zero-order valence-corrected chi connectivity index (χ0v) is 26.5. The molecule has 5 rings (SSSR count). The van der Waals surface area contributed by atoms with Gasteiger partial charge in [0.25, 0.3) is 0 Å². The Labute approximate surface area is 274 Å². The molecule has 0 fully saturated rings. The molecular formula is C38H43N3O6. The molecule has 0 bridgehead atoms. The number of hydrogen-bond donors (Lipinski definition) is 5. The maximum absolute atomic E-state index is 12.2. The quantitative estimate of drug-likeness (QED) is 0.0666. The summed E-state index contributed by atoms with van der Waals surface area (Å²) in [7, 11) is 0. The number of phenolic OH excluding ortho intramolecular Hbond substituents is 1. The van der Waals surface area contributed by atoms with Gasteiger partial charge in [-0.3, -0.25) is 9.69 Å². The molecule has 0 spiro atoms. The predicted molar refractivity (Wildman–Crippen MR) is 186 cm³/mol. The van der Waals surface area contributed by atoms with Crippen molar-refractivity contribution in [1.29, 1.82) is 0 Å². The van der Waals surface area contributed by atoms with Crippen LogP contribution in [0.1, 0.15) is 62.2 Å². The number of amides is 1. The lowest BCUT2D eigenvalue weighted by atomic mass is 10.0. The molecule has 9 heteroatoms. The second kappa shape index (κ2) is 16.6. The van der Waals surface area contributed by atoms with Crippen LogP contribution in [0, 0.1) is 0 Å². The molecule has 1 aromatic heterocycles. The first-order valence-corrected chi connectivity index (χ1v) is 16.3. The molecule has 0 aliphatic heterocycles. The first kappa shape index (κ1) is 33.5. The van der Waals surface area contributed by atoms with Crippen LogP contribution in [0.15, 0.2) is 95.8 Å². The van der Waals surface area contributed by atoms with E-state index < -0.39 is 12.2 Å². The van der Waals surface area contributed by atoms with Crippen molar-refractivity contribution >= 4 is 33.5 Å². The average molecular weight is 638 g/mol. The Balaban J connectivity index is 0.955. The lowest BCUT2D eigenvalue weighted by molar-refractivity contribution is 0.176. The minimum atomic E-state index is -1.01. The van der Waals surface area contributed by atoms with E-state index in [9.17, 15) is 24.9 Å². The van der Waals surface area contributed by atoms with Gasteiger partial charge in [0.2, 0.25) is 5.56 Å². The lowest BCUT2D eigenvalue weighted by Crippen LogP contribution is -2.28. The standard InChI is InChI=1S/C38H43N3O6/c42-34-20-18-32(33-19-21-36(44)40-37(33)34)35(43)25-39-22-8-4-2-1-3-5-9-23-47-30-16-11-15-29(24-30)41(38(45)46)26-28-14-10-13-27-12-6-7-17-31(27)28/h6-7,10-21,24,35,39,42-43H,1-5,8-9,22-23,25-26H2,(H,40,44)(H,45,46)/t35-/m0/s1. The van der Waals surface area contributed by atoms with E-state index in [1.54, 1.807) is 24.3 Å². The van der Waals surface area contributed by atoms with Gasteiger partial charge >= 0.3 is 6.09 Å². The van der Waals surface area contributed by atoms with Crippen molar-refractivity contribution in [2.75, 3.05) is 24.6 Å². The van der Waals surface area contributed by atoms with E-state index >= 15 is 0 Å². The number of aliphatic hydroxyl groups excluding tert-OH is 1. The molecule has 0 aliphatic carbocycles. The molecular weight excluding hydrogens is 594 g/mol. The summed E-state index contributed by atoms with van der Waals surface area (Å²) in [6.07, 6.45) is 5.79. The number of aromatic nitrogens is 1. The number of nitrogens with zero attached hydrogens (tertiary/aromatic N) is 1. The normalized spacial score (nSPS) is 11.9. The van der Waals surface area contributed by atoms with E-state index in [2.05, 4.69) is 10.3 Å². The van der Waals surface area contributed by atoms with Gasteiger partial charge in [-0.05, 0) is 65.6 Å².